The van der Waals surface area contributed by atoms with Crippen LogP contribution in [-0.4, -0.2) is 337 Å². The molecule has 148 heavy (non-hydrogen) atoms. The number of piperidine rings is 1. The molecule has 12 rings (SSSR count). The van der Waals surface area contributed by atoms with Gasteiger partial charge in [0, 0.05) is 194 Å². The van der Waals surface area contributed by atoms with Gasteiger partial charge in [0.1, 0.15) is 46.9 Å². The first-order valence-electron chi connectivity index (χ1n) is 48.9. The van der Waals surface area contributed by atoms with Gasteiger partial charge in [-0.2, -0.15) is 9.61 Å². The number of hydrogen-bond acceptors (Lipinski definition) is 32. The SMILES string of the molecule is CCc1cnn2c(NCc3nc4ccc(OCCOCCOCCOCCOCCOCCOCCOCCOCCOCCOCCNC(=O)CCNC(=O)c5nc(NC(=O)c6cc(NC(=O)CCNC(=O)c7nc(NC(=O)CCCNC(=O)c8cc(NC(=O)c9nc(NC(=O)CCNC(=O)c%10cc(NC(=O)c%11nccn%11C)cn%10C)cn9C)cn8C)cn7C)cn6C)cn5C)cc4[nH]3)cc(N3CCCC[C@H]3CCO)nc12. The summed E-state index contributed by atoms with van der Waals surface area (Å²) in [6.45, 7) is 12.2. The number of nitrogens with zero attached hydrogens (tertiary/aromatic N) is 16. The highest BCUT2D eigenvalue weighted by molar-refractivity contribution is 6.06. The van der Waals surface area contributed by atoms with Gasteiger partial charge in [0.05, 0.1) is 173 Å². The summed E-state index contributed by atoms with van der Waals surface area (Å²) in [5.74, 6) is -2.14. The smallest absolute Gasteiger partial charge is 0.291 e. The molecule has 14 N–H and O–H groups in total. The van der Waals surface area contributed by atoms with E-state index in [-0.39, 0.29) is 159 Å². The van der Waals surface area contributed by atoms with E-state index in [1.165, 1.54) is 82.8 Å². The highest BCUT2D eigenvalue weighted by Gasteiger charge is 2.29. The summed E-state index contributed by atoms with van der Waals surface area (Å²) >= 11 is 0. The van der Waals surface area contributed by atoms with Crippen LogP contribution in [0.2, 0.25) is 0 Å². The third-order valence-electron chi connectivity index (χ3n) is 23.0. The lowest BCUT2D eigenvalue weighted by Gasteiger charge is -2.36. The number of aromatic nitrogens is 16. The second-order valence-electron chi connectivity index (χ2n) is 34.3. The maximum absolute atomic E-state index is 13.4. The first kappa shape index (κ1) is 112. The molecule has 0 spiro atoms. The molecule has 52 nitrogen and oxygen atoms in total. The predicted molar refractivity (Wildman–Crippen MR) is 540 cm³/mol. The zero-order valence-electron chi connectivity index (χ0n) is 84.5. The summed E-state index contributed by atoms with van der Waals surface area (Å²) in [5.41, 5.74) is 5.10. The number of carbonyl (C=O) groups is 11. The van der Waals surface area contributed by atoms with E-state index in [1.807, 2.05) is 28.9 Å². The molecule has 1 aliphatic heterocycles. The first-order chi connectivity index (χ1) is 71.7. The molecule has 1 aliphatic rings. The van der Waals surface area contributed by atoms with Gasteiger partial charge in [-0.3, -0.25) is 52.7 Å². The average Bonchev–Trinajstić information content (AvgIpc) is 1.57. The van der Waals surface area contributed by atoms with Gasteiger partial charge in [0.15, 0.2) is 28.9 Å². The molecule has 1 atom stereocenters. The summed E-state index contributed by atoms with van der Waals surface area (Å²) in [5, 5.41) is 47.4. The minimum absolute atomic E-state index is 0.00433. The average molecular weight is 2060 g/mol. The van der Waals surface area contributed by atoms with Gasteiger partial charge < -0.3 is 163 Å². The van der Waals surface area contributed by atoms with Crippen molar-refractivity contribution in [3.05, 3.63) is 150 Å². The standard InChI is InChI=1S/C96H133N29O23/c1-9-64-56-104-125-79(55-80(116-85(64)125)124-27-11-10-13-68(124)20-29-126)103-57-75-108-70-16-15-69(54-71(70)109-75)148-50-49-147-48-47-146-46-45-145-44-43-144-42-41-143-40-39-142-38-37-141-36-35-140-34-33-139-32-31-138-30-26-97-81(127)17-22-101-94(135)88-114-78(63-122(88)7)115-92(133)74-51-65(58-120(74)5)105-83(129)18-24-102-93(134)87-112-76(61-121(87)6)110-82(128)14-12-21-99-90(131)72-53-67(60-118(72)3)107-96(137)89-113-77(62-123(89)8)111-84(130)19-23-100-91(132)73-52-66(59-119(73)4)106-95(136)86-98-25-28-117(86)2/h15-16,25,28,51-56,58-63,68,103,126H,9-14,17-24,26-27,29-50,57H2,1-8H3,(H,97,127)(H,99,131)(H,100,132)(H,101,135)(H,102,134)(H,105,129)(H,106,136)(H,107,137)(H,108,109)(H,110,128)(H,111,130)(H,115,133)/t68-/m0/s1. The van der Waals surface area contributed by atoms with Crippen LogP contribution in [0.15, 0.2) is 98.2 Å². The molecule has 800 valence electrons. The molecule has 52 heteroatoms. The monoisotopic (exact) mass is 2060 g/mol. The van der Waals surface area contributed by atoms with Gasteiger partial charge in [-0.05, 0) is 68.9 Å². The number of H-pyrrole nitrogens is 1. The van der Waals surface area contributed by atoms with Gasteiger partial charge in [-0.25, -0.2) is 29.9 Å². The number of rotatable bonds is 67. The van der Waals surface area contributed by atoms with E-state index in [2.05, 4.69) is 112 Å². The third kappa shape index (κ3) is 34.9. The summed E-state index contributed by atoms with van der Waals surface area (Å²) in [7, 11) is 11.2. The minimum Gasteiger partial charge on any atom is -0.491 e. The number of anilines is 8. The molecular formula is C96H133N29O23. The normalized spacial score (nSPS) is 12.5. The van der Waals surface area contributed by atoms with Gasteiger partial charge in [0.25, 0.3) is 41.4 Å². The molecule has 0 saturated carbocycles. The number of fused-ring (bicyclic) bond motifs is 2. The zero-order valence-corrected chi connectivity index (χ0v) is 84.5. The van der Waals surface area contributed by atoms with Crippen molar-refractivity contribution in [2.75, 3.05) is 227 Å². The van der Waals surface area contributed by atoms with Crippen molar-refractivity contribution in [1.82, 2.24) is 103 Å². The second-order valence-corrected chi connectivity index (χ2v) is 34.3. The Balaban J connectivity index is 0.402. The number of carbonyl (C=O) groups excluding carboxylic acids is 11. The Bertz CT molecular complexity index is 6220. The van der Waals surface area contributed by atoms with Crippen LogP contribution in [0.4, 0.5) is 46.2 Å². The number of hydrogen-bond donors (Lipinski definition) is 14. The predicted octanol–water partition coefficient (Wildman–Crippen LogP) is 3.37. The van der Waals surface area contributed by atoms with Crippen molar-refractivity contribution >= 4 is 128 Å². The van der Waals surface area contributed by atoms with Gasteiger partial charge in [-0.15, -0.1) is 0 Å². The molecule has 11 aromatic rings. The molecule has 0 bridgehead atoms. The van der Waals surface area contributed by atoms with E-state index in [9.17, 15) is 57.8 Å². The van der Waals surface area contributed by atoms with Crippen LogP contribution in [0.1, 0.15) is 150 Å². The van der Waals surface area contributed by atoms with Crippen molar-refractivity contribution < 1.29 is 110 Å². The van der Waals surface area contributed by atoms with Crippen LogP contribution < -0.4 is 73.4 Å². The van der Waals surface area contributed by atoms with Crippen molar-refractivity contribution in [2.45, 2.75) is 83.7 Å². The first-order valence-corrected chi connectivity index (χ1v) is 48.9. The fourth-order valence-corrected chi connectivity index (χ4v) is 15.5. The number of amides is 11. The number of nitrogens with one attached hydrogen (secondary N) is 13. The Hall–Kier alpha value is -14.9. The summed E-state index contributed by atoms with van der Waals surface area (Å²) < 4.78 is 74.0. The number of aliphatic hydroxyl groups excluding tert-OH is 1. The Morgan fingerprint density at radius 1 is 0.419 bits per heavy atom. The Morgan fingerprint density at radius 2 is 0.872 bits per heavy atom. The molecule has 0 radical (unpaired) electrons. The van der Waals surface area contributed by atoms with Crippen LogP contribution in [0.5, 0.6) is 5.75 Å². The molecule has 11 amide bonds. The van der Waals surface area contributed by atoms with Crippen molar-refractivity contribution in [3.8, 4) is 5.75 Å². The molecule has 1 aromatic carbocycles. The summed E-state index contributed by atoms with van der Waals surface area (Å²) in [6, 6.07) is 12.5. The second kappa shape index (κ2) is 58.5. The van der Waals surface area contributed by atoms with Gasteiger partial charge >= 0.3 is 0 Å². The summed E-state index contributed by atoms with van der Waals surface area (Å²) in [6.07, 6.45) is 18.6. The van der Waals surface area contributed by atoms with Gasteiger partial charge in [0.2, 0.25) is 41.1 Å². The van der Waals surface area contributed by atoms with Gasteiger partial charge in [-0.1, -0.05) is 6.92 Å². The lowest BCUT2D eigenvalue weighted by Crippen LogP contribution is -2.40. The van der Waals surface area contributed by atoms with E-state index in [4.69, 9.17) is 62.1 Å². The largest absolute Gasteiger partial charge is 0.491 e. The lowest BCUT2D eigenvalue weighted by atomic mass is 9.99. The van der Waals surface area contributed by atoms with E-state index in [1.54, 1.807) is 66.3 Å². The topological polar surface area (TPSA) is 602 Å². The number of aromatic amines is 1. The van der Waals surface area contributed by atoms with Crippen LogP contribution in [-0.2, 0) is 129 Å². The highest BCUT2D eigenvalue weighted by atomic mass is 16.6. The van der Waals surface area contributed by atoms with Crippen molar-refractivity contribution in [2.24, 2.45) is 49.3 Å². The van der Waals surface area contributed by atoms with Crippen molar-refractivity contribution in [1.29, 1.82) is 0 Å². The Kier molecular flexibility index (Phi) is 44.2. The molecule has 1 fully saturated rings. The van der Waals surface area contributed by atoms with Crippen LogP contribution in [0.3, 0.4) is 0 Å². The van der Waals surface area contributed by atoms with Crippen LogP contribution >= 0.6 is 0 Å². The Morgan fingerprint density at radius 3 is 1.38 bits per heavy atom. The highest BCUT2D eigenvalue weighted by Crippen LogP contribution is 2.31. The molecule has 11 heterocycles. The fourth-order valence-electron chi connectivity index (χ4n) is 15.5. The lowest BCUT2D eigenvalue weighted by molar-refractivity contribution is -0.121. The third-order valence-corrected chi connectivity index (χ3v) is 23.0. The molecular weight excluding hydrogens is 1930 g/mol. The Labute approximate surface area is 852 Å². The number of benzene rings is 1. The number of aryl methyl sites for hydroxylation is 8. The number of imidazole rings is 5. The molecule has 0 aliphatic carbocycles. The maximum atomic E-state index is 13.4. The molecule has 10 aromatic heterocycles. The maximum Gasteiger partial charge on any atom is 0.291 e. The van der Waals surface area contributed by atoms with Crippen molar-refractivity contribution in [3.63, 3.8) is 0 Å². The zero-order chi connectivity index (χ0) is 105. The van der Waals surface area contributed by atoms with Crippen LogP contribution in [0, 0.1) is 0 Å². The van der Waals surface area contributed by atoms with Crippen LogP contribution in [0.25, 0.3) is 16.7 Å². The minimum atomic E-state index is -0.641. The van der Waals surface area contributed by atoms with E-state index in [0.717, 1.165) is 71.9 Å². The molecule has 1 saturated heterocycles. The van der Waals surface area contributed by atoms with E-state index >= 15 is 0 Å². The summed E-state index contributed by atoms with van der Waals surface area (Å²) in [4.78, 5) is 175. The van der Waals surface area contributed by atoms with E-state index < -0.39 is 59.1 Å². The number of ether oxygens (including phenoxy) is 11. The fraction of sp³-hybridized carbons (Fsp3) is 0.500. The quantitative estimate of drug-likeness (QED) is 0.0243. The van der Waals surface area contributed by atoms with E-state index in [0.29, 0.717) is 157 Å². The molecule has 0 unspecified atom stereocenters. The number of aliphatic hydroxyl groups is 1.